The van der Waals surface area contributed by atoms with Crippen LogP contribution in [0, 0.1) is 0 Å². The van der Waals surface area contributed by atoms with Gasteiger partial charge in [0, 0.05) is 31.6 Å². The number of hydrogen-bond acceptors (Lipinski definition) is 5. The van der Waals surface area contributed by atoms with Gasteiger partial charge in [-0.2, -0.15) is 0 Å². The van der Waals surface area contributed by atoms with E-state index >= 15 is 0 Å². The predicted molar refractivity (Wildman–Crippen MR) is 94.3 cm³/mol. The van der Waals surface area contributed by atoms with Crippen LogP contribution in [0.15, 0.2) is 18.3 Å². The summed E-state index contributed by atoms with van der Waals surface area (Å²) in [5, 5.41) is 9.28. The number of nitrogens with one attached hydrogen (secondary N) is 3. The lowest BCUT2D eigenvalue weighted by Crippen LogP contribution is -2.58. The summed E-state index contributed by atoms with van der Waals surface area (Å²) in [6, 6.07) is 3.70. The van der Waals surface area contributed by atoms with Gasteiger partial charge in [0.15, 0.2) is 0 Å². The first-order chi connectivity index (χ1) is 12.5. The lowest BCUT2D eigenvalue weighted by Gasteiger charge is -2.39. The van der Waals surface area contributed by atoms with Gasteiger partial charge in [-0.1, -0.05) is 0 Å². The van der Waals surface area contributed by atoms with Crippen LogP contribution in [0.4, 0.5) is 5.82 Å². The van der Waals surface area contributed by atoms with Crippen molar-refractivity contribution in [3.63, 3.8) is 0 Å². The molecule has 0 radical (unpaired) electrons. The molecule has 138 valence electrons. The molecule has 0 aromatic carbocycles. The van der Waals surface area contributed by atoms with E-state index in [4.69, 9.17) is 0 Å². The van der Waals surface area contributed by atoms with Crippen LogP contribution in [-0.4, -0.2) is 52.4 Å². The molecule has 3 amide bonds. The Morgan fingerprint density at radius 2 is 2.15 bits per heavy atom. The number of fused-ring (bicyclic) bond motifs is 1. The van der Waals surface area contributed by atoms with Gasteiger partial charge in [0.05, 0.1) is 12.1 Å². The first-order valence-electron chi connectivity index (χ1n) is 9.17. The molecule has 3 aliphatic rings. The maximum atomic E-state index is 12.5. The van der Waals surface area contributed by atoms with Crippen molar-refractivity contribution >= 4 is 23.5 Å². The van der Waals surface area contributed by atoms with Gasteiger partial charge in [-0.3, -0.25) is 14.4 Å². The number of likely N-dealkylation sites (tertiary alicyclic amines) is 1. The molecule has 3 heterocycles. The zero-order chi connectivity index (χ0) is 18.1. The minimum atomic E-state index is -0.701. The summed E-state index contributed by atoms with van der Waals surface area (Å²) in [7, 11) is 0. The molecule has 26 heavy (non-hydrogen) atoms. The Labute approximate surface area is 151 Å². The largest absolute Gasteiger partial charge is 0.352 e. The number of anilines is 1. The molecule has 1 atom stereocenters. The van der Waals surface area contributed by atoms with E-state index in [1.54, 1.807) is 23.2 Å². The molecule has 1 saturated carbocycles. The second-order valence-corrected chi connectivity index (χ2v) is 7.32. The summed E-state index contributed by atoms with van der Waals surface area (Å²) in [6.45, 7) is 0.487. The predicted octanol–water partition coefficient (Wildman–Crippen LogP) is 0.614. The van der Waals surface area contributed by atoms with E-state index in [0.29, 0.717) is 30.8 Å². The van der Waals surface area contributed by atoms with Crippen LogP contribution in [0.5, 0.6) is 0 Å². The summed E-state index contributed by atoms with van der Waals surface area (Å²) in [5.41, 5.74) is -0.196. The van der Waals surface area contributed by atoms with E-state index in [1.165, 1.54) is 0 Å². The smallest absolute Gasteiger partial charge is 0.256 e. The standard InChI is InChI=1S/C18H23N5O3/c24-14(20-12-3-1-4-12)11-23-10-8-18(7-6-15(23)25)21-16-13(17(26)22-18)5-2-9-19-16/h2,5,9,12H,1,3-4,6-8,10-11H2,(H,19,21)(H,20,24)(H,22,26)/t18-/m1/s1. The molecular weight excluding hydrogens is 334 g/mol. The summed E-state index contributed by atoms with van der Waals surface area (Å²) in [6.07, 6.45) is 6.09. The lowest BCUT2D eigenvalue weighted by molar-refractivity contribution is -0.136. The summed E-state index contributed by atoms with van der Waals surface area (Å²) in [5.74, 6) is 0.190. The van der Waals surface area contributed by atoms with Crippen molar-refractivity contribution in [2.24, 2.45) is 0 Å². The van der Waals surface area contributed by atoms with E-state index in [1.807, 2.05) is 0 Å². The molecule has 8 nitrogen and oxygen atoms in total. The number of rotatable bonds is 3. The summed E-state index contributed by atoms with van der Waals surface area (Å²) < 4.78 is 0. The lowest BCUT2D eigenvalue weighted by atomic mass is 9.93. The van der Waals surface area contributed by atoms with Crippen molar-refractivity contribution < 1.29 is 14.4 Å². The van der Waals surface area contributed by atoms with Gasteiger partial charge < -0.3 is 20.9 Å². The molecule has 3 N–H and O–H groups in total. The van der Waals surface area contributed by atoms with Crippen molar-refractivity contribution in [3.05, 3.63) is 23.9 Å². The fourth-order valence-corrected chi connectivity index (χ4v) is 3.70. The van der Waals surface area contributed by atoms with Crippen LogP contribution in [0.1, 0.15) is 48.9 Å². The number of amides is 3. The molecular formula is C18H23N5O3. The highest BCUT2D eigenvalue weighted by Gasteiger charge is 2.41. The van der Waals surface area contributed by atoms with Gasteiger partial charge in [0.2, 0.25) is 11.8 Å². The molecule has 8 heteroatoms. The van der Waals surface area contributed by atoms with E-state index in [0.717, 1.165) is 19.3 Å². The van der Waals surface area contributed by atoms with E-state index in [9.17, 15) is 14.4 Å². The fraction of sp³-hybridized carbons (Fsp3) is 0.556. The molecule has 1 spiro atoms. The van der Waals surface area contributed by atoms with Gasteiger partial charge in [0.25, 0.3) is 5.91 Å². The van der Waals surface area contributed by atoms with Crippen molar-refractivity contribution in [3.8, 4) is 0 Å². The summed E-state index contributed by atoms with van der Waals surface area (Å²) >= 11 is 0. The number of aromatic nitrogens is 1. The first-order valence-corrected chi connectivity index (χ1v) is 9.17. The van der Waals surface area contributed by atoms with E-state index < -0.39 is 5.66 Å². The Hall–Kier alpha value is -2.64. The van der Waals surface area contributed by atoms with Crippen LogP contribution in [-0.2, 0) is 9.59 Å². The number of carbonyl (C=O) groups excluding carboxylic acids is 3. The highest BCUT2D eigenvalue weighted by Crippen LogP contribution is 2.30. The van der Waals surface area contributed by atoms with Crippen molar-refractivity contribution in [2.75, 3.05) is 18.4 Å². The normalized spacial score (nSPS) is 25.6. The number of pyridine rings is 1. The van der Waals surface area contributed by atoms with Gasteiger partial charge in [-0.05, 0) is 37.8 Å². The zero-order valence-corrected chi connectivity index (χ0v) is 14.6. The average Bonchev–Trinajstić information content (AvgIpc) is 2.73. The Morgan fingerprint density at radius 3 is 2.92 bits per heavy atom. The van der Waals surface area contributed by atoms with Crippen LogP contribution in [0.2, 0.25) is 0 Å². The highest BCUT2D eigenvalue weighted by molar-refractivity contribution is 6.01. The highest BCUT2D eigenvalue weighted by atomic mass is 16.2. The van der Waals surface area contributed by atoms with Crippen molar-refractivity contribution in [1.29, 1.82) is 0 Å². The number of nitrogens with zero attached hydrogens (tertiary/aromatic N) is 2. The van der Waals surface area contributed by atoms with Gasteiger partial charge in [-0.15, -0.1) is 0 Å². The minimum absolute atomic E-state index is 0.0616. The fourth-order valence-electron chi connectivity index (χ4n) is 3.70. The third-order valence-electron chi connectivity index (χ3n) is 5.49. The minimum Gasteiger partial charge on any atom is -0.352 e. The van der Waals surface area contributed by atoms with Crippen LogP contribution < -0.4 is 16.0 Å². The Balaban J connectivity index is 1.43. The van der Waals surface area contributed by atoms with Crippen LogP contribution >= 0.6 is 0 Å². The monoisotopic (exact) mass is 357 g/mol. The molecule has 2 fully saturated rings. The molecule has 0 unspecified atom stereocenters. The molecule has 4 rings (SSSR count). The Kier molecular flexibility index (Phi) is 4.26. The van der Waals surface area contributed by atoms with Gasteiger partial charge >= 0.3 is 0 Å². The maximum Gasteiger partial charge on any atom is 0.256 e. The Bertz CT molecular complexity index is 748. The molecule has 1 saturated heterocycles. The van der Waals surface area contributed by atoms with Crippen LogP contribution in [0.25, 0.3) is 0 Å². The Morgan fingerprint density at radius 1 is 1.31 bits per heavy atom. The molecule has 1 aromatic heterocycles. The van der Waals surface area contributed by atoms with Gasteiger partial charge in [-0.25, -0.2) is 4.98 Å². The quantitative estimate of drug-likeness (QED) is 0.736. The number of carbonyl (C=O) groups is 3. The van der Waals surface area contributed by atoms with Crippen molar-refractivity contribution in [1.82, 2.24) is 20.5 Å². The van der Waals surface area contributed by atoms with E-state index in [-0.39, 0.29) is 36.7 Å². The third kappa shape index (κ3) is 3.23. The van der Waals surface area contributed by atoms with Gasteiger partial charge in [0.1, 0.15) is 11.5 Å². The first kappa shape index (κ1) is 16.8. The molecule has 1 aromatic rings. The average molecular weight is 357 g/mol. The van der Waals surface area contributed by atoms with E-state index in [2.05, 4.69) is 20.9 Å². The zero-order valence-electron chi connectivity index (χ0n) is 14.6. The van der Waals surface area contributed by atoms with Crippen LogP contribution in [0.3, 0.4) is 0 Å². The topological polar surface area (TPSA) is 103 Å². The second-order valence-electron chi connectivity index (χ2n) is 7.32. The molecule has 2 aliphatic heterocycles. The summed E-state index contributed by atoms with van der Waals surface area (Å²) in [4.78, 5) is 42.9. The second kappa shape index (κ2) is 6.59. The van der Waals surface area contributed by atoms with Crippen molar-refractivity contribution in [2.45, 2.75) is 50.2 Å². The SMILES string of the molecule is O=C(CN1CC[C@@]2(CCC1=O)NC(=O)c1cccnc1N2)NC1CCC1. The molecule has 0 bridgehead atoms. The number of hydrogen-bond donors (Lipinski definition) is 3. The third-order valence-corrected chi connectivity index (χ3v) is 5.49. The molecule has 1 aliphatic carbocycles. The maximum absolute atomic E-state index is 12.5.